The molecule has 0 aromatic rings. The van der Waals surface area contributed by atoms with Gasteiger partial charge in [-0.25, -0.2) is 0 Å². The van der Waals surface area contributed by atoms with E-state index in [0.717, 1.165) is 5.08 Å². The van der Waals surface area contributed by atoms with Gasteiger partial charge in [-0.05, 0) is 12.2 Å². The van der Waals surface area contributed by atoms with Crippen molar-refractivity contribution < 1.29 is 9.53 Å². The molecule has 0 spiro atoms. The molecule has 0 aliphatic carbocycles. The first-order chi connectivity index (χ1) is 5.29. The number of thioether (sulfide) groups is 2. The van der Waals surface area contributed by atoms with Gasteiger partial charge in [0.1, 0.15) is 6.61 Å². The SMILES string of the molecule is CC(=O)OCC1CCSCS1. The molecule has 0 amide bonds. The molecule has 11 heavy (non-hydrogen) atoms. The Labute approximate surface area is 75.4 Å². The molecule has 1 fully saturated rings. The van der Waals surface area contributed by atoms with Crippen LogP contribution < -0.4 is 0 Å². The fourth-order valence-electron chi connectivity index (χ4n) is 0.843. The van der Waals surface area contributed by atoms with Crippen LogP contribution in [0.1, 0.15) is 13.3 Å². The summed E-state index contributed by atoms with van der Waals surface area (Å²) in [4.78, 5) is 10.4. The predicted molar refractivity (Wildman–Crippen MR) is 50.0 cm³/mol. The first kappa shape index (κ1) is 9.26. The second-order valence-corrected chi connectivity index (χ2v) is 5.17. The zero-order chi connectivity index (χ0) is 8.10. The van der Waals surface area contributed by atoms with E-state index in [2.05, 4.69) is 0 Å². The Bertz CT molecular complexity index is 132. The molecule has 1 aliphatic heterocycles. The summed E-state index contributed by atoms with van der Waals surface area (Å²) in [6, 6.07) is 0. The molecule has 0 bridgehead atoms. The lowest BCUT2D eigenvalue weighted by Crippen LogP contribution is -2.18. The Hall–Kier alpha value is 0.170. The maximum absolute atomic E-state index is 10.4. The third kappa shape index (κ3) is 3.91. The van der Waals surface area contributed by atoms with Gasteiger partial charge in [-0.2, -0.15) is 11.8 Å². The molecule has 1 unspecified atom stereocenters. The van der Waals surface area contributed by atoms with Gasteiger partial charge in [-0.1, -0.05) is 0 Å². The van der Waals surface area contributed by atoms with E-state index in [-0.39, 0.29) is 5.97 Å². The molecule has 0 aromatic heterocycles. The predicted octanol–water partition coefficient (Wildman–Crippen LogP) is 1.75. The van der Waals surface area contributed by atoms with Crippen LogP contribution in [0.15, 0.2) is 0 Å². The van der Waals surface area contributed by atoms with E-state index in [0.29, 0.717) is 11.9 Å². The molecule has 0 N–H and O–H groups in total. The van der Waals surface area contributed by atoms with Crippen molar-refractivity contribution in [3.63, 3.8) is 0 Å². The molecule has 1 saturated heterocycles. The summed E-state index contributed by atoms with van der Waals surface area (Å²) >= 11 is 3.85. The van der Waals surface area contributed by atoms with E-state index >= 15 is 0 Å². The van der Waals surface area contributed by atoms with Gasteiger partial charge in [0.05, 0.1) is 0 Å². The molecule has 0 aromatic carbocycles. The lowest BCUT2D eigenvalue weighted by molar-refractivity contribution is -0.140. The number of hydrogen-bond donors (Lipinski definition) is 0. The Morgan fingerprint density at radius 2 is 2.55 bits per heavy atom. The molecule has 0 radical (unpaired) electrons. The third-order valence-electron chi connectivity index (χ3n) is 1.44. The van der Waals surface area contributed by atoms with Crippen LogP contribution in [-0.4, -0.2) is 28.7 Å². The maximum atomic E-state index is 10.4. The number of rotatable bonds is 2. The van der Waals surface area contributed by atoms with Crippen molar-refractivity contribution in [1.29, 1.82) is 0 Å². The van der Waals surface area contributed by atoms with E-state index in [9.17, 15) is 4.79 Å². The Morgan fingerprint density at radius 3 is 3.09 bits per heavy atom. The molecular formula is C7H12O2S2. The van der Waals surface area contributed by atoms with Crippen LogP contribution in [0.2, 0.25) is 0 Å². The van der Waals surface area contributed by atoms with Gasteiger partial charge in [0.15, 0.2) is 0 Å². The van der Waals surface area contributed by atoms with Crippen LogP contribution in [0.4, 0.5) is 0 Å². The highest BCUT2D eigenvalue weighted by Gasteiger charge is 2.14. The summed E-state index contributed by atoms with van der Waals surface area (Å²) in [5.41, 5.74) is 0. The molecule has 0 saturated carbocycles. The van der Waals surface area contributed by atoms with E-state index in [1.165, 1.54) is 19.1 Å². The third-order valence-corrected chi connectivity index (χ3v) is 4.02. The van der Waals surface area contributed by atoms with Gasteiger partial charge >= 0.3 is 5.97 Å². The zero-order valence-electron chi connectivity index (χ0n) is 6.54. The second-order valence-electron chi connectivity index (χ2n) is 2.41. The summed E-state index contributed by atoms with van der Waals surface area (Å²) < 4.78 is 4.91. The average Bonchev–Trinajstić information content (AvgIpc) is 2.03. The topological polar surface area (TPSA) is 26.3 Å². The van der Waals surface area contributed by atoms with Crippen LogP contribution in [0.25, 0.3) is 0 Å². The Balaban J connectivity index is 2.09. The van der Waals surface area contributed by atoms with Gasteiger partial charge in [0, 0.05) is 17.3 Å². The minimum absolute atomic E-state index is 0.163. The lowest BCUT2D eigenvalue weighted by atomic mass is 10.3. The molecule has 4 heteroatoms. The second kappa shape index (κ2) is 4.93. The largest absolute Gasteiger partial charge is 0.465 e. The van der Waals surface area contributed by atoms with Crippen molar-refractivity contribution in [2.75, 3.05) is 17.4 Å². The van der Waals surface area contributed by atoms with Gasteiger partial charge in [0.2, 0.25) is 0 Å². The van der Waals surface area contributed by atoms with Crippen molar-refractivity contribution in [2.45, 2.75) is 18.6 Å². The normalized spacial score (nSPS) is 24.6. The quantitative estimate of drug-likeness (QED) is 0.623. The minimum atomic E-state index is -0.163. The fourth-order valence-corrected chi connectivity index (χ4v) is 3.52. The average molecular weight is 192 g/mol. The van der Waals surface area contributed by atoms with Gasteiger partial charge in [-0.15, -0.1) is 11.8 Å². The van der Waals surface area contributed by atoms with Gasteiger partial charge < -0.3 is 4.74 Å². The van der Waals surface area contributed by atoms with Crippen molar-refractivity contribution in [2.24, 2.45) is 0 Å². The van der Waals surface area contributed by atoms with E-state index in [1.807, 2.05) is 23.5 Å². The van der Waals surface area contributed by atoms with Crippen LogP contribution in [0.5, 0.6) is 0 Å². The van der Waals surface area contributed by atoms with Gasteiger partial charge in [-0.3, -0.25) is 4.79 Å². The van der Waals surface area contributed by atoms with Gasteiger partial charge in [0.25, 0.3) is 0 Å². The highest BCUT2D eigenvalue weighted by molar-refractivity contribution is 8.16. The zero-order valence-corrected chi connectivity index (χ0v) is 8.17. The molecule has 1 atom stereocenters. The van der Waals surface area contributed by atoms with Crippen molar-refractivity contribution in [3.05, 3.63) is 0 Å². The Kier molecular flexibility index (Phi) is 4.15. The minimum Gasteiger partial charge on any atom is -0.465 e. The Morgan fingerprint density at radius 1 is 1.73 bits per heavy atom. The number of hydrogen-bond acceptors (Lipinski definition) is 4. The van der Waals surface area contributed by atoms with Crippen LogP contribution in [-0.2, 0) is 9.53 Å². The maximum Gasteiger partial charge on any atom is 0.302 e. The molecule has 1 heterocycles. The summed E-state index contributed by atoms with van der Waals surface area (Å²) in [6.07, 6.45) is 1.17. The van der Waals surface area contributed by atoms with Crippen molar-refractivity contribution in [3.8, 4) is 0 Å². The van der Waals surface area contributed by atoms with Crippen LogP contribution >= 0.6 is 23.5 Å². The molecule has 1 rings (SSSR count). The highest BCUT2D eigenvalue weighted by atomic mass is 32.2. The van der Waals surface area contributed by atoms with Crippen molar-refractivity contribution >= 4 is 29.5 Å². The summed E-state index contributed by atoms with van der Waals surface area (Å²) in [6.45, 7) is 2.06. The van der Waals surface area contributed by atoms with E-state index in [4.69, 9.17) is 4.74 Å². The number of esters is 1. The summed E-state index contributed by atoms with van der Waals surface area (Å²) in [7, 11) is 0. The van der Waals surface area contributed by atoms with E-state index < -0.39 is 0 Å². The van der Waals surface area contributed by atoms with Crippen molar-refractivity contribution in [1.82, 2.24) is 0 Å². The standard InChI is InChI=1S/C7H12O2S2/c1-6(8)9-4-7-2-3-10-5-11-7/h7H,2-5H2,1H3. The molecular weight excluding hydrogens is 180 g/mol. The summed E-state index contributed by atoms with van der Waals surface area (Å²) in [5, 5.41) is 1.69. The van der Waals surface area contributed by atoms with Crippen LogP contribution in [0.3, 0.4) is 0 Å². The first-order valence-electron chi connectivity index (χ1n) is 3.62. The number of carbonyl (C=O) groups is 1. The number of carbonyl (C=O) groups excluding carboxylic acids is 1. The number of ether oxygens (including phenoxy) is 1. The first-order valence-corrected chi connectivity index (χ1v) is 5.82. The smallest absolute Gasteiger partial charge is 0.302 e. The lowest BCUT2D eigenvalue weighted by Gasteiger charge is -2.19. The summed E-state index contributed by atoms with van der Waals surface area (Å²) in [5.74, 6) is 1.04. The monoisotopic (exact) mass is 192 g/mol. The fraction of sp³-hybridized carbons (Fsp3) is 0.857. The van der Waals surface area contributed by atoms with Crippen LogP contribution in [0, 0.1) is 0 Å². The molecule has 64 valence electrons. The molecule has 1 aliphatic rings. The van der Waals surface area contributed by atoms with E-state index in [1.54, 1.807) is 0 Å². The highest BCUT2D eigenvalue weighted by Crippen LogP contribution is 2.27. The molecule has 2 nitrogen and oxygen atoms in total.